The van der Waals surface area contributed by atoms with E-state index in [1.54, 1.807) is 6.07 Å². The second-order valence-corrected chi connectivity index (χ2v) is 7.66. The van der Waals surface area contributed by atoms with Crippen molar-refractivity contribution in [3.63, 3.8) is 0 Å². The summed E-state index contributed by atoms with van der Waals surface area (Å²) in [5.41, 5.74) is -1.41. The number of halogens is 6. The first-order valence-electron chi connectivity index (χ1n) is 9.34. The summed E-state index contributed by atoms with van der Waals surface area (Å²) in [7, 11) is 0. The quantitative estimate of drug-likeness (QED) is 0.519. The van der Waals surface area contributed by atoms with Gasteiger partial charge in [-0.3, -0.25) is 0 Å². The molecule has 1 N–H and O–H groups in total. The number of pyridine rings is 2. The van der Waals surface area contributed by atoms with Crippen LogP contribution in [0.25, 0.3) is 0 Å². The molecule has 1 spiro atoms. The van der Waals surface area contributed by atoms with Crippen molar-refractivity contribution in [3.05, 3.63) is 46.4 Å². The van der Waals surface area contributed by atoms with Crippen LogP contribution in [-0.2, 0) is 27.7 Å². The number of fused-ring (bicyclic) bond motifs is 2. The zero-order valence-electron chi connectivity index (χ0n) is 16.1. The predicted octanol–water partition coefficient (Wildman–Crippen LogP) is 4.23. The number of nitrogens with zero attached hydrogens (tertiary/aromatic N) is 3. The molecule has 2 atom stereocenters. The number of carboxylic acid groups (broad SMARTS) is 1. The third kappa shape index (κ3) is 3.71. The normalized spacial score (nSPS) is 23.0. The summed E-state index contributed by atoms with van der Waals surface area (Å²) in [4.78, 5) is 20.8. The van der Waals surface area contributed by atoms with Crippen molar-refractivity contribution in [1.29, 1.82) is 0 Å². The highest BCUT2D eigenvalue weighted by molar-refractivity contribution is 6.30. The average Bonchev–Trinajstić information content (AvgIpc) is 3.07. The highest BCUT2D eigenvalue weighted by atomic mass is 35.5. The average molecular weight is 480 g/mol. The fraction of sp³-hybridized carbons (Fsp3) is 0.421. The van der Waals surface area contributed by atoms with Gasteiger partial charge in [-0.25, -0.2) is 14.8 Å². The van der Waals surface area contributed by atoms with Gasteiger partial charge in [0, 0.05) is 12.4 Å². The number of carbonyl (C=O) groups is 1. The van der Waals surface area contributed by atoms with Crippen molar-refractivity contribution in [2.45, 2.75) is 43.8 Å². The summed E-state index contributed by atoms with van der Waals surface area (Å²) < 4.78 is 75.5. The number of ether oxygens (including phenoxy) is 2. The Morgan fingerprint density at radius 2 is 2.12 bits per heavy atom. The summed E-state index contributed by atoms with van der Waals surface area (Å²) in [5, 5.41) is 9.90. The third-order valence-corrected chi connectivity index (χ3v) is 5.84. The van der Waals surface area contributed by atoms with Crippen molar-refractivity contribution in [1.82, 2.24) is 9.97 Å². The van der Waals surface area contributed by atoms with Crippen LogP contribution >= 0.6 is 11.6 Å². The summed E-state index contributed by atoms with van der Waals surface area (Å²) >= 11 is 6.22. The number of alkyl halides is 5. The zero-order valence-corrected chi connectivity index (χ0v) is 16.8. The van der Waals surface area contributed by atoms with E-state index in [4.69, 9.17) is 16.3 Å². The Morgan fingerprint density at radius 1 is 1.38 bits per heavy atom. The van der Waals surface area contributed by atoms with E-state index in [2.05, 4.69) is 14.7 Å². The topological polar surface area (TPSA) is 84.8 Å². The fourth-order valence-electron chi connectivity index (χ4n) is 4.27. The Hall–Kier alpha value is -2.73. The molecule has 172 valence electrons. The second-order valence-electron chi connectivity index (χ2n) is 7.31. The molecule has 2 aromatic heterocycles. The SMILES string of the molecule is O=C(O)[C@@H]1OCC2(CCCc3c2ccnc3Cl)N1c1ncc(C(F)(F)F)cc1OC(F)F. The smallest absolute Gasteiger partial charge is 0.418 e. The van der Waals surface area contributed by atoms with Gasteiger partial charge in [-0.15, -0.1) is 0 Å². The van der Waals surface area contributed by atoms with Gasteiger partial charge in [0.25, 0.3) is 0 Å². The number of anilines is 1. The van der Waals surface area contributed by atoms with Crippen molar-refractivity contribution < 1.29 is 41.3 Å². The molecule has 1 unspecified atom stereocenters. The van der Waals surface area contributed by atoms with Gasteiger partial charge in [0.15, 0.2) is 11.6 Å². The van der Waals surface area contributed by atoms with Gasteiger partial charge >= 0.3 is 18.8 Å². The Labute approximate surface area is 182 Å². The lowest BCUT2D eigenvalue weighted by Crippen LogP contribution is -2.51. The molecule has 0 radical (unpaired) electrons. The Balaban J connectivity index is 1.94. The molecule has 1 aliphatic carbocycles. The number of hydrogen-bond donors (Lipinski definition) is 1. The van der Waals surface area contributed by atoms with E-state index in [-0.39, 0.29) is 11.8 Å². The molecular weight excluding hydrogens is 465 g/mol. The van der Waals surface area contributed by atoms with Gasteiger partial charge in [0.1, 0.15) is 5.15 Å². The molecule has 1 aliphatic heterocycles. The standard InChI is InChI=1S/C19H15ClF5N3O4/c20-13-10-2-1-4-18(11(10)3-5-26-13)8-31-15(16(29)30)28(18)14-12(32-17(21)22)6-9(7-27-14)19(23,24)25/h3,5-7,15,17H,1-2,4,8H2,(H,29,30)/t15-,18?/m0/s1. The molecule has 0 aromatic carbocycles. The third-order valence-electron chi connectivity index (χ3n) is 5.51. The van der Waals surface area contributed by atoms with E-state index in [9.17, 15) is 31.9 Å². The van der Waals surface area contributed by atoms with E-state index in [1.807, 2.05) is 0 Å². The molecule has 2 aromatic rings. The van der Waals surface area contributed by atoms with Gasteiger partial charge in [0.05, 0.1) is 17.7 Å². The van der Waals surface area contributed by atoms with Crippen molar-refractivity contribution in [2.75, 3.05) is 11.5 Å². The van der Waals surface area contributed by atoms with Crippen LogP contribution in [0.5, 0.6) is 5.75 Å². The Kier molecular flexibility index (Phi) is 5.61. The number of carboxylic acids is 1. The summed E-state index contributed by atoms with van der Waals surface area (Å²) in [6, 6.07) is 1.96. The van der Waals surface area contributed by atoms with Gasteiger partial charge in [0.2, 0.25) is 6.23 Å². The first-order chi connectivity index (χ1) is 15.0. The molecule has 1 saturated heterocycles. The highest BCUT2D eigenvalue weighted by Crippen LogP contribution is 2.50. The summed E-state index contributed by atoms with van der Waals surface area (Å²) in [5.74, 6) is -2.90. The van der Waals surface area contributed by atoms with Crippen LogP contribution < -0.4 is 9.64 Å². The lowest BCUT2D eigenvalue weighted by molar-refractivity contribution is -0.147. The second kappa shape index (κ2) is 8.00. The van der Waals surface area contributed by atoms with Crippen LogP contribution in [-0.4, -0.2) is 40.5 Å². The highest BCUT2D eigenvalue weighted by Gasteiger charge is 2.55. The maximum Gasteiger partial charge on any atom is 0.418 e. The Bertz CT molecular complexity index is 1050. The van der Waals surface area contributed by atoms with Crippen LogP contribution in [0.4, 0.5) is 27.8 Å². The summed E-state index contributed by atoms with van der Waals surface area (Å²) in [6.07, 6.45) is -3.42. The zero-order chi connectivity index (χ0) is 23.3. The van der Waals surface area contributed by atoms with Crippen molar-refractivity contribution in [2.24, 2.45) is 0 Å². The molecule has 4 rings (SSSR count). The van der Waals surface area contributed by atoms with Crippen molar-refractivity contribution >= 4 is 23.4 Å². The summed E-state index contributed by atoms with van der Waals surface area (Å²) in [6.45, 7) is -3.66. The minimum atomic E-state index is -4.88. The molecule has 1 fully saturated rings. The van der Waals surface area contributed by atoms with Crippen LogP contribution in [0.1, 0.15) is 29.5 Å². The number of aliphatic carboxylic acids is 1. The molecule has 7 nitrogen and oxygen atoms in total. The molecule has 0 bridgehead atoms. The van der Waals surface area contributed by atoms with E-state index in [0.29, 0.717) is 42.7 Å². The van der Waals surface area contributed by atoms with E-state index in [0.717, 1.165) is 4.90 Å². The Morgan fingerprint density at radius 3 is 2.78 bits per heavy atom. The van der Waals surface area contributed by atoms with Crippen LogP contribution in [0.2, 0.25) is 5.15 Å². The lowest BCUT2D eigenvalue weighted by Gasteiger charge is -2.43. The molecule has 13 heteroatoms. The lowest BCUT2D eigenvalue weighted by atomic mass is 9.76. The molecule has 32 heavy (non-hydrogen) atoms. The van der Waals surface area contributed by atoms with Crippen LogP contribution in [0.3, 0.4) is 0 Å². The predicted molar refractivity (Wildman–Crippen MR) is 99.6 cm³/mol. The largest absolute Gasteiger partial charge is 0.478 e. The first-order valence-corrected chi connectivity index (χ1v) is 9.72. The van der Waals surface area contributed by atoms with E-state index in [1.165, 1.54) is 6.20 Å². The monoisotopic (exact) mass is 479 g/mol. The minimum Gasteiger partial charge on any atom is -0.478 e. The van der Waals surface area contributed by atoms with Gasteiger partial charge in [-0.05, 0) is 42.5 Å². The molecule has 0 saturated carbocycles. The van der Waals surface area contributed by atoms with Gasteiger partial charge < -0.3 is 19.5 Å². The maximum atomic E-state index is 13.2. The van der Waals surface area contributed by atoms with Crippen LogP contribution in [0.15, 0.2) is 24.5 Å². The number of hydrogen-bond acceptors (Lipinski definition) is 6. The minimum absolute atomic E-state index is 0.185. The van der Waals surface area contributed by atoms with Crippen molar-refractivity contribution in [3.8, 4) is 5.75 Å². The van der Waals surface area contributed by atoms with Gasteiger partial charge in [-0.1, -0.05) is 11.6 Å². The van der Waals surface area contributed by atoms with E-state index < -0.39 is 47.7 Å². The van der Waals surface area contributed by atoms with Gasteiger partial charge in [-0.2, -0.15) is 22.0 Å². The first kappa shape index (κ1) is 22.5. The maximum absolute atomic E-state index is 13.2. The molecule has 2 aliphatic rings. The fourth-order valence-corrected chi connectivity index (χ4v) is 4.52. The molecule has 0 amide bonds. The number of rotatable bonds is 4. The van der Waals surface area contributed by atoms with Crippen LogP contribution in [0, 0.1) is 0 Å². The number of aromatic nitrogens is 2. The molecular formula is C19H15ClF5N3O4. The molecule has 3 heterocycles. The van der Waals surface area contributed by atoms with E-state index >= 15 is 0 Å².